The molecular weight excluding hydrogens is 162 g/mol. The monoisotopic (exact) mass is 179 g/mol. The SMILES string of the molecule is CCC(Cc1ccccn1)C(C)O. The third kappa shape index (κ3) is 3.15. The Bertz CT molecular complexity index is 233. The van der Waals surface area contributed by atoms with Crippen molar-refractivity contribution in [1.29, 1.82) is 0 Å². The lowest BCUT2D eigenvalue weighted by atomic mass is 9.95. The van der Waals surface area contributed by atoms with Crippen molar-refractivity contribution in [3.63, 3.8) is 0 Å². The topological polar surface area (TPSA) is 33.1 Å². The Morgan fingerprint density at radius 2 is 2.23 bits per heavy atom. The summed E-state index contributed by atoms with van der Waals surface area (Å²) in [4.78, 5) is 4.24. The first-order valence-electron chi connectivity index (χ1n) is 4.82. The summed E-state index contributed by atoms with van der Waals surface area (Å²) >= 11 is 0. The quantitative estimate of drug-likeness (QED) is 0.767. The molecule has 0 saturated carbocycles. The average Bonchev–Trinajstić information content (AvgIpc) is 2.15. The molecule has 2 heteroatoms. The van der Waals surface area contributed by atoms with Gasteiger partial charge in [-0.2, -0.15) is 0 Å². The van der Waals surface area contributed by atoms with Gasteiger partial charge < -0.3 is 5.11 Å². The van der Waals surface area contributed by atoms with Crippen LogP contribution >= 0.6 is 0 Å². The summed E-state index contributed by atoms with van der Waals surface area (Å²) in [6.07, 6.45) is 3.42. The second-order valence-electron chi connectivity index (χ2n) is 3.43. The van der Waals surface area contributed by atoms with Crippen LogP contribution < -0.4 is 0 Å². The first-order valence-corrected chi connectivity index (χ1v) is 4.82. The molecule has 1 aromatic rings. The van der Waals surface area contributed by atoms with E-state index in [-0.39, 0.29) is 6.10 Å². The van der Waals surface area contributed by atoms with Gasteiger partial charge in [-0.15, -0.1) is 0 Å². The minimum Gasteiger partial charge on any atom is -0.393 e. The molecule has 2 unspecified atom stereocenters. The predicted molar refractivity (Wildman–Crippen MR) is 53.4 cm³/mol. The summed E-state index contributed by atoms with van der Waals surface area (Å²) < 4.78 is 0. The maximum Gasteiger partial charge on any atom is 0.0543 e. The zero-order chi connectivity index (χ0) is 9.68. The van der Waals surface area contributed by atoms with E-state index in [9.17, 15) is 5.11 Å². The number of aliphatic hydroxyl groups is 1. The normalized spacial score (nSPS) is 15.3. The molecule has 0 aromatic carbocycles. The summed E-state index contributed by atoms with van der Waals surface area (Å²) in [6, 6.07) is 5.90. The van der Waals surface area contributed by atoms with Gasteiger partial charge >= 0.3 is 0 Å². The highest BCUT2D eigenvalue weighted by Crippen LogP contribution is 2.13. The van der Waals surface area contributed by atoms with Crippen molar-refractivity contribution in [2.45, 2.75) is 32.8 Å². The van der Waals surface area contributed by atoms with Gasteiger partial charge in [0.05, 0.1) is 6.10 Å². The minimum absolute atomic E-state index is 0.244. The molecule has 1 aromatic heterocycles. The van der Waals surface area contributed by atoms with E-state index < -0.39 is 0 Å². The fraction of sp³-hybridized carbons (Fsp3) is 0.545. The van der Waals surface area contributed by atoms with Crippen LogP contribution in [0.3, 0.4) is 0 Å². The Kier molecular flexibility index (Phi) is 3.90. The van der Waals surface area contributed by atoms with Crippen LogP contribution in [0.1, 0.15) is 26.0 Å². The van der Waals surface area contributed by atoms with Crippen LogP contribution in [0.15, 0.2) is 24.4 Å². The number of hydrogen-bond acceptors (Lipinski definition) is 2. The van der Waals surface area contributed by atoms with Crippen molar-refractivity contribution in [2.24, 2.45) is 5.92 Å². The van der Waals surface area contributed by atoms with Crippen molar-refractivity contribution in [3.05, 3.63) is 30.1 Å². The molecular formula is C11H17NO. The Hall–Kier alpha value is -0.890. The number of rotatable bonds is 4. The second-order valence-corrected chi connectivity index (χ2v) is 3.43. The van der Waals surface area contributed by atoms with Gasteiger partial charge in [0, 0.05) is 11.9 Å². The molecule has 0 aliphatic carbocycles. The summed E-state index contributed by atoms with van der Waals surface area (Å²) in [5.41, 5.74) is 1.07. The van der Waals surface area contributed by atoms with Crippen LogP contribution in [-0.2, 0) is 6.42 Å². The van der Waals surface area contributed by atoms with Crippen molar-refractivity contribution < 1.29 is 5.11 Å². The van der Waals surface area contributed by atoms with Crippen LogP contribution in [-0.4, -0.2) is 16.2 Å². The van der Waals surface area contributed by atoms with Gasteiger partial charge in [0.2, 0.25) is 0 Å². The van der Waals surface area contributed by atoms with E-state index in [0.29, 0.717) is 5.92 Å². The largest absolute Gasteiger partial charge is 0.393 e. The maximum absolute atomic E-state index is 9.45. The lowest BCUT2D eigenvalue weighted by Crippen LogP contribution is -2.18. The molecule has 72 valence electrons. The minimum atomic E-state index is -0.244. The summed E-state index contributed by atoms with van der Waals surface area (Å²) in [5, 5.41) is 9.45. The van der Waals surface area contributed by atoms with Crippen molar-refractivity contribution in [3.8, 4) is 0 Å². The van der Waals surface area contributed by atoms with Gasteiger partial charge in [-0.25, -0.2) is 0 Å². The Morgan fingerprint density at radius 1 is 1.46 bits per heavy atom. The summed E-state index contributed by atoms with van der Waals surface area (Å²) in [6.45, 7) is 3.94. The molecule has 0 radical (unpaired) electrons. The summed E-state index contributed by atoms with van der Waals surface area (Å²) in [5.74, 6) is 0.329. The van der Waals surface area contributed by atoms with E-state index in [2.05, 4.69) is 11.9 Å². The molecule has 1 rings (SSSR count). The smallest absolute Gasteiger partial charge is 0.0543 e. The fourth-order valence-corrected chi connectivity index (χ4v) is 1.44. The third-order valence-electron chi connectivity index (χ3n) is 2.40. The molecule has 1 N–H and O–H groups in total. The van der Waals surface area contributed by atoms with Gasteiger partial charge in [-0.3, -0.25) is 4.98 Å². The molecule has 0 spiro atoms. The van der Waals surface area contributed by atoms with E-state index in [0.717, 1.165) is 18.5 Å². The van der Waals surface area contributed by atoms with Gasteiger partial charge in [-0.1, -0.05) is 19.4 Å². The van der Waals surface area contributed by atoms with Gasteiger partial charge in [0.15, 0.2) is 0 Å². The maximum atomic E-state index is 9.45. The van der Waals surface area contributed by atoms with Crippen LogP contribution in [0.5, 0.6) is 0 Å². The number of nitrogens with zero attached hydrogens (tertiary/aromatic N) is 1. The molecule has 13 heavy (non-hydrogen) atoms. The Balaban J connectivity index is 2.57. The Labute approximate surface area is 79.6 Å². The van der Waals surface area contributed by atoms with E-state index in [1.807, 2.05) is 25.1 Å². The van der Waals surface area contributed by atoms with E-state index in [4.69, 9.17) is 0 Å². The van der Waals surface area contributed by atoms with Crippen molar-refractivity contribution in [2.75, 3.05) is 0 Å². The fourth-order valence-electron chi connectivity index (χ4n) is 1.44. The first-order chi connectivity index (χ1) is 6.24. The lowest BCUT2D eigenvalue weighted by Gasteiger charge is -2.16. The van der Waals surface area contributed by atoms with Gasteiger partial charge in [0.1, 0.15) is 0 Å². The zero-order valence-corrected chi connectivity index (χ0v) is 8.27. The van der Waals surface area contributed by atoms with Crippen LogP contribution in [0.25, 0.3) is 0 Å². The van der Waals surface area contributed by atoms with Crippen molar-refractivity contribution in [1.82, 2.24) is 4.98 Å². The molecule has 0 fully saturated rings. The van der Waals surface area contributed by atoms with Crippen LogP contribution in [0, 0.1) is 5.92 Å². The van der Waals surface area contributed by atoms with Crippen LogP contribution in [0.4, 0.5) is 0 Å². The third-order valence-corrected chi connectivity index (χ3v) is 2.40. The molecule has 0 amide bonds. The highest BCUT2D eigenvalue weighted by atomic mass is 16.3. The Morgan fingerprint density at radius 3 is 2.69 bits per heavy atom. The van der Waals surface area contributed by atoms with Crippen molar-refractivity contribution >= 4 is 0 Å². The number of hydrogen-bond donors (Lipinski definition) is 1. The predicted octanol–water partition coefficient (Wildman–Crippen LogP) is 2.03. The number of aromatic nitrogens is 1. The molecule has 2 nitrogen and oxygen atoms in total. The lowest BCUT2D eigenvalue weighted by molar-refractivity contribution is 0.122. The highest BCUT2D eigenvalue weighted by Gasteiger charge is 2.13. The summed E-state index contributed by atoms with van der Waals surface area (Å²) in [7, 11) is 0. The highest BCUT2D eigenvalue weighted by molar-refractivity contribution is 5.04. The standard InChI is InChI=1S/C11H17NO/c1-3-10(9(2)13)8-11-6-4-5-7-12-11/h4-7,9-10,13H,3,8H2,1-2H3. The molecule has 0 bridgehead atoms. The molecule has 0 saturated heterocycles. The molecule has 2 atom stereocenters. The second kappa shape index (κ2) is 4.97. The van der Waals surface area contributed by atoms with E-state index in [1.54, 1.807) is 6.20 Å². The van der Waals surface area contributed by atoms with Crippen LogP contribution in [0.2, 0.25) is 0 Å². The van der Waals surface area contributed by atoms with E-state index in [1.165, 1.54) is 0 Å². The number of pyridine rings is 1. The average molecular weight is 179 g/mol. The molecule has 1 heterocycles. The first kappa shape index (κ1) is 10.2. The molecule has 0 aliphatic rings. The van der Waals surface area contributed by atoms with Gasteiger partial charge in [-0.05, 0) is 31.4 Å². The molecule has 0 aliphatic heterocycles. The number of aliphatic hydroxyl groups excluding tert-OH is 1. The zero-order valence-electron chi connectivity index (χ0n) is 8.27. The van der Waals surface area contributed by atoms with Gasteiger partial charge in [0.25, 0.3) is 0 Å². The van der Waals surface area contributed by atoms with E-state index >= 15 is 0 Å².